The molecule has 1 heterocycles. The molecule has 26 heavy (non-hydrogen) atoms. The van der Waals surface area contributed by atoms with Crippen molar-refractivity contribution in [2.24, 2.45) is 0 Å². The second-order valence-corrected chi connectivity index (χ2v) is 5.48. The lowest BCUT2D eigenvalue weighted by atomic mass is 10.1. The number of phenolic OH excluding ortho intramolecular Hbond substituents is 1. The number of furan rings is 1. The lowest BCUT2D eigenvalue weighted by Gasteiger charge is -2.02. The van der Waals surface area contributed by atoms with Crippen molar-refractivity contribution in [3.63, 3.8) is 0 Å². The van der Waals surface area contributed by atoms with Crippen LogP contribution in [0, 0.1) is 0 Å². The minimum absolute atomic E-state index is 0.0795. The van der Waals surface area contributed by atoms with E-state index in [1.807, 2.05) is 0 Å². The van der Waals surface area contributed by atoms with E-state index in [4.69, 9.17) is 9.52 Å². The second-order valence-electron chi connectivity index (χ2n) is 5.48. The zero-order valence-electron chi connectivity index (χ0n) is 13.4. The molecule has 3 rings (SSSR count). The van der Waals surface area contributed by atoms with Gasteiger partial charge in [0, 0.05) is 11.1 Å². The maximum atomic E-state index is 12.1. The summed E-state index contributed by atoms with van der Waals surface area (Å²) in [4.78, 5) is 23.1. The number of carbonyl (C=O) groups is 2. The molecule has 130 valence electrons. The molecule has 0 aliphatic carbocycles. The predicted molar refractivity (Wildman–Crippen MR) is 94.2 cm³/mol. The van der Waals surface area contributed by atoms with Gasteiger partial charge in [-0.1, -0.05) is 0 Å². The van der Waals surface area contributed by atoms with Crippen LogP contribution in [-0.2, 0) is 0 Å². The molecule has 0 aliphatic heterocycles. The van der Waals surface area contributed by atoms with E-state index in [9.17, 15) is 19.8 Å². The first-order chi connectivity index (χ1) is 12.4. The fourth-order valence-corrected chi connectivity index (χ4v) is 2.34. The van der Waals surface area contributed by atoms with Crippen LogP contribution in [0.2, 0.25) is 0 Å². The molecule has 0 bridgehead atoms. The summed E-state index contributed by atoms with van der Waals surface area (Å²) in [7, 11) is 0. The summed E-state index contributed by atoms with van der Waals surface area (Å²) >= 11 is 0. The first kappa shape index (κ1) is 17.0. The molecule has 2 aromatic carbocycles. The Morgan fingerprint density at radius 3 is 2.35 bits per heavy atom. The fourth-order valence-electron chi connectivity index (χ4n) is 2.34. The molecule has 6 heteroatoms. The van der Waals surface area contributed by atoms with E-state index in [-0.39, 0.29) is 22.8 Å². The topological polar surface area (TPSA) is 108 Å². The summed E-state index contributed by atoms with van der Waals surface area (Å²) in [6, 6.07) is 13.3. The first-order valence-electron chi connectivity index (χ1n) is 7.62. The summed E-state index contributed by atoms with van der Waals surface area (Å²) in [5.74, 6) is -0.916. The zero-order valence-corrected chi connectivity index (χ0v) is 13.4. The van der Waals surface area contributed by atoms with E-state index < -0.39 is 5.97 Å². The SMILES string of the molecule is O=C(/C=C/c1ccc(-c2ccc(O)c(C(=O)O)c2)o1)c1ccc(O)cc1. The average molecular weight is 350 g/mol. The van der Waals surface area contributed by atoms with Gasteiger partial charge in [-0.25, -0.2) is 4.79 Å². The minimum atomic E-state index is -1.24. The lowest BCUT2D eigenvalue weighted by Crippen LogP contribution is -1.96. The number of carboxylic acid groups (broad SMARTS) is 1. The number of carbonyl (C=O) groups excluding carboxylic acids is 1. The van der Waals surface area contributed by atoms with E-state index >= 15 is 0 Å². The third-order valence-electron chi connectivity index (χ3n) is 3.69. The molecule has 6 nitrogen and oxygen atoms in total. The van der Waals surface area contributed by atoms with E-state index in [1.165, 1.54) is 54.6 Å². The van der Waals surface area contributed by atoms with Gasteiger partial charge in [0.05, 0.1) is 0 Å². The van der Waals surface area contributed by atoms with Crippen molar-refractivity contribution in [2.45, 2.75) is 0 Å². The molecule has 3 aromatic rings. The monoisotopic (exact) mass is 350 g/mol. The molecule has 1 aromatic heterocycles. The van der Waals surface area contributed by atoms with Crippen molar-refractivity contribution in [1.29, 1.82) is 0 Å². The Labute approximate surface area is 148 Å². The number of aromatic hydroxyl groups is 2. The van der Waals surface area contributed by atoms with Crippen LogP contribution in [0.1, 0.15) is 26.5 Å². The number of carboxylic acids is 1. The van der Waals surface area contributed by atoms with Crippen molar-refractivity contribution < 1.29 is 29.3 Å². The lowest BCUT2D eigenvalue weighted by molar-refractivity contribution is 0.0693. The first-order valence-corrected chi connectivity index (χ1v) is 7.62. The van der Waals surface area contributed by atoms with Crippen LogP contribution in [-0.4, -0.2) is 27.1 Å². The van der Waals surface area contributed by atoms with Gasteiger partial charge in [-0.05, 0) is 66.7 Å². The Morgan fingerprint density at radius 1 is 0.923 bits per heavy atom. The number of aromatic carboxylic acids is 1. The number of hydrogen-bond donors (Lipinski definition) is 3. The van der Waals surface area contributed by atoms with Gasteiger partial charge < -0.3 is 19.7 Å². The molecule has 0 radical (unpaired) electrons. The van der Waals surface area contributed by atoms with Gasteiger partial charge >= 0.3 is 5.97 Å². The summed E-state index contributed by atoms with van der Waals surface area (Å²) in [6.07, 6.45) is 2.84. The molecule has 0 saturated carbocycles. The maximum Gasteiger partial charge on any atom is 0.339 e. The fraction of sp³-hybridized carbons (Fsp3) is 0. The quantitative estimate of drug-likeness (QED) is 0.475. The highest BCUT2D eigenvalue weighted by Crippen LogP contribution is 2.28. The van der Waals surface area contributed by atoms with Gasteiger partial charge in [-0.15, -0.1) is 0 Å². The van der Waals surface area contributed by atoms with Gasteiger partial charge in [0.2, 0.25) is 0 Å². The number of phenols is 2. The third kappa shape index (κ3) is 3.64. The molecule has 0 amide bonds. The van der Waals surface area contributed by atoms with E-state index in [1.54, 1.807) is 12.1 Å². The van der Waals surface area contributed by atoms with Gasteiger partial charge in [0.15, 0.2) is 5.78 Å². The molecule has 0 spiro atoms. The van der Waals surface area contributed by atoms with Crippen molar-refractivity contribution in [1.82, 2.24) is 0 Å². The minimum Gasteiger partial charge on any atom is -0.508 e. The molecule has 0 aliphatic rings. The standard InChI is InChI=1S/C20H14O6/c21-14-4-1-12(2-5-14)17(22)9-6-15-7-10-19(26-15)13-3-8-18(23)16(11-13)20(24)25/h1-11,21,23H,(H,24,25)/b9-6+. The van der Waals surface area contributed by atoms with Crippen LogP contribution in [0.4, 0.5) is 0 Å². The molecule has 0 fully saturated rings. The van der Waals surface area contributed by atoms with Crippen LogP contribution in [0.15, 0.2) is 65.1 Å². The number of benzene rings is 2. The van der Waals surface area contributed by atoms with Gasteiger partial charge in [0.1, 0.15) is 28.6 Å². The van der Waals surface area contributed by atoms with Crippen molar-refractivity contribution >= 4 is 17.8 Å². The predicted octanol–water partition coefficient (Wildman–Crippen LogP) is 3.95. The average Bonchev–Trinajstić information content (AvgIpc) is 3.09. The van der Waals surface area contributed by atoms with Crippen LogP contribution in [0.3, 0.4) is 0 Å². The Bertz CT molecular complexity index is 995. The number of hydrogen-bond acceptors (Lipinski definition) is 5. The molecular formula is C20H14O6. The zero-order chi connectivity index (χ0) is 18.7. The Kier molecular flexibility index (Phi) is 4.57. The largest absolute Gasteiger partial charge is 0.508 e. The Hall–Kier alpha value is -3.80. The van der Waals surface area contributed by atoms with Crippen LogP contribution >= 0.6 is 0 Å². The highest BCUT2D eigenvalue weighted by molar-refractivity contribution is 6.06. The second kappa shape index (κ2) is 6.98. The van der Waals surface area contributed by atoms with Gasteiger partial charge in [-0.3, -0.25) is 4.79 Å². The number of rotatable bonds is 5. The van der Waals surface area contributed by atoms with Crippen molar-refractivity contribution in [2.75, 3.05) is 0 Å². The number of allylic oxidation sites excluding steroid dienone is 1. The van der Waals surface area contributed by atoms with Gasteiger partial charge in [-0.2, -0.15) is 0 Å². The highest BCUT2D eigenvalue weighted by atomic mass is 16.4. The highest BCUT2D eigenvalue weighted by Gasteiger charge is 2.12. The van der Waals surface area contributed by atoms with Gasteiger partial charge in [0.25, 0.3) is 0 Å². The smallest absolute Gasteiger partial charge is 0.339 e. The summed E-state index contributed by atoms with van der Waals surface area (Å²) < 4.78 is 5.60. The van der Waals surface area contributed by atoms with Crippen LogP contribution in [0.25, 0.3) is 17.4 Å². The van der Waals surface area contributed by atoms with E-state index in [2.05, 4.69) is 0 Å². The molecule has 0 unspecified atom stereocenters. The summed E-state index contributed by atoms with van der Waals surface area (Å²) in [5.41, 5.74) is 0.693. The third-order valence-corrected chi connectivity index (χ3v) is 3.69. The molecule has 0 atom stereocenters. The van der Waals surface area contributed by atoms with Crippen LogP contribution < -0.4 is 0 Å². The molecule has 0 saturated heterocycles. The Balaban J connectivity index is 1.80. The summed E-state index contributed by atoms with van der Waals surface area (Å²) in [5, 5.41) is 27.8. The van der Waals surface area contributed by atoms with E-state index in [0.29, 0.717) is 22.6 Å². The molecule has 3 N–H and O–H groups in total. The molecular weight excluding hydrogens is 336 g/mol. The Morgan fingerprint density at radius 2 is 1.65 bits per heavy atom. The van der Waals surface area contributed by atoms with E-state index in [0.717, 1.165) is 0 Å². The van der Waals surface area contributed by atoms with Crippen molar-refractivity contribution in [3.05, 3.63) is 77.6 Å². The van der Waals surface area contributed by atoms with Crippen LogP contribution in [0.5, 0.6) is 11.5 Å². The van der Waals surface area contributed by atoms with Crippen molar-refractivity contribution in [3.8, 4) is 22.8 Å². The maximum absolute atomic E-state index is 12.1. The normalized spacial score (nSPS) is 10.9. The number of ketones is 1. The summed E-state index contributed by atoms with van der Waals surface area (Å²) in [6.45, 7) is 0.